The number of rotatable bonds is 5. The predicted molar refractivity (Wildman–Crippen MR) is 66.0 cm³/mol. The second-order valence-electron chi connectivity index (χ2n) is 4.35. The van der Waals surface area contributed by atoms with Crippen molar-refractivity contribution in [1.29, 1.82) is 0 Å². The van der Waals surface area contributed by atoms with E-state index in [2.05, 4.69) is 5.43 Å². The van der Waals surface area contributed by atoms with Crippen LogP contribution in [0.1, 0.15) is 11.1 Å². The standard InChI is InChI=1S/C11H15F3N2O2S/c1-19(17,18)7-10(16-15)6-8-2-4-9(5-3-8)11(12,13)14/h2-5,10,16H,6-7,15H2,1H3. The summed E-state index contributed by atoms with van der Waals surface area (Å²) in [6, 6.07) is 4.02. The first-order valence-corrected chi connectivity index (χ1v) is 7.48. The topological polar surface area (TPSA) is 72.2 Å². The van der Waals surface area contributed by atoms with Crippen LogP contribution in [-0.4, -0.2) is 26.5 Å². The van der Waals surface area contributed by atoms with Gasteiger partial charge in [0.15, 0.2) is 0 Å². The van der Waals surface area contributed by atoms with E-state index in [1.165, 1.54) is 12.1 Å². The first-order chi connectivity index (χ1) is 8.62. The van der Waals surface area contributed by atoms with Gasteiger partial charge in [-0.1, -0.05) is 12.1 Å². The van der Waals surface area contributed by atoms with Crippen LogP contribution >= 0.6 is 0 Å². The Labute approximate surface area is 109 Å². The lowest BCUT2D eigenvalue weighted by molar-refractivity contribution is -0.137. The van der Waals surface area contributed by atoms with Gasteiger partial charge in [0.25, 0.3) is 0 Å². The van der Waals surface area contributed by atoms with Crippen molar-refractivity contribution < 1.29 is 21.6 Å². The van der Waals surface area contributed by atoms with E-state index >= 15 is 0 Å². The molecule has 0 amide bonds. The Hall–Kier alpha value is -1.12. The summed E-state index contributed by atoms with van der Waals surface area (Å²) in [7, 11) is -3.21. The fraction of sp³-hybridized carbons (Fsp3) is 0.455. The van der Waals surface area contributed by atoms with Gasteiger partial charge >= 0.3 is 6.18 Å². The van der Waals surface area contributed by atoms with E-state index in [1.807, 2.05) is 0 Å². The molecule has 0 heterocycles. The van der Waals surface area contributed by atoms with Gasteiger partial charge in [-0.15, -0.1) is 0 Å². The van der Waals surface area contributed by atoms with E-state index < -0.39 is 27.6 Å². The second-order valence-corrected chi connectivity index (χ2v) is 6.54. The lowest BCUT2D eigenvalue weighted by atomic mass is 10.1. The van der Waals surface area contributed by atoms with Crippen LogP contribution in [0.4, 0.5) is 13.2 Å². The minimum atomic E-state index is -4.38. The summed E-state index contributed by atoms with van der Waals surface area (Å²) in [5.74, 6) is 5.06. The summed E-state index contributed by atoms with van der Waals surface area (Å²) < 4.78 is 59.3. The normalized spacial score (nSPS) is 14.4. The Kier molecular flexibility index (Phi) is 4.94. The average Bonchev–Trinajstić information content (AvgIpc) is 2.26. The van der Waals surface area contributed by atoms with Gasteiger partial charge in [-0.3, -0.25) is 11.3 Å². The van der Waals surface area contributed by atoms with Crippen molar-refractivity contribution in [2.75, 3.05) is 12.0 Å². The molecule has 0 aliphatic carbocycles. The van der Waals surface area contributed by atoms with E-state index in [1.54, 1.807) is 0 Å². The third-order valence-corrected chi connectivity index (χ3v) is 3.51. The summed E-state index contributed by atoms with van der Waals surface area (Å²) in [6.07, 6.45) is -3.07. The molecule has 1 aromatic carbocycles. The first kappa shape index (κ1) is 15.9. The molecule has 1 rings (SSSR count). The highest BCUT2D eigenvalue weighted by molar-refractivity contribution is 7.90. The van der Waals surface area contributed by atoms with Crippen LogP contribution in [-0.2, 0) is 22.4 Å². The monoisotopic (exact) mass is 296 g/mol. The molecule has 0 aliphatic rings. The highest BCUT2D eigenvalue weighted by Gasteiger charge is 2.30. The number of nitrogens with one attached hydrogen (secondary N) is 1. The summed E-state index contributed by atoms with van der Waals surface area (Å²) >= 11 is 0. The Bertz CT molecular complexity index is 512. The van der Waals surface area contributed by atoms with Crippen molar-refractivity contribution in [3.05, 3.63) is 35.4 Å². The van der Waals surface area contributed by atoms with Gasteiger partial charge in [0.2, 0.25) is 0 Å². The first-order valence-electron chi connectivity index (χ1n) is 5.42. The molecule has 0 aromatic heterocycles. The summed E-state index contributed by atoms with van der Waals surface area (Å²) in [6.45, 7) is 0. The van der Waals surface area contributed by atoms with E-state index in [9.17, 15) is 21.6 Å². The molecule has 1 unspecified atom stereocenters. The quantitative estimate of drug-likeness (QED) is 0.631. The number of nitrogens with two attached hydrogens (primary N) is 1. The van der Waals surface area contributed by atoms with Gasteiger partial charge in [-0.25, -0.2) is 8.42 Å². The molecule has 0 radical (unpaired) electrons. The van der Waals surface area contributed by atoms with E-state index in [4.69, 9.17) is 5.84 Å². The van der Waals surface area contributed by atoms with E-state index in [-0.39, 0.29) is 12.2 Å². The van der Waals surface area contributed by atoms with Crippen LogP contribution < -0.4 is 11.3 Å². The molecule has 3 N–H and O–H groups in total. The number of hydrazine groups is 1. The number of alkyl halides is 3. The highest BCUT2D eigenvalue weighted by Crippen LogP contribution is 2.29. The molecule has 0 saturated heterocycles. The zero-order valence-electron chi connectivity index (χ0n) is 10.2. The number of halogens is 3. The Balaban J connectivity index is 2.76. The lowest BCUT2D eigenvalue weighted by Crippen LogP contribution is -2.41. The maximum absolute atomic E-state index is 12.4. The van der Waals surface area contributed by atoms with Crippen molar-refractivity contribution in [1.82, 2.24) is 5.43 Å². The molecule has 8 heteroatoms. The molecule has 1 atom stereocenters. The van der Waals surface area contributed by atoms with Gasteiger partial charge in [0.1, 0.15) is 9.84 Å². The predicted octanol–water partition coefficient (Wildman–Crippen LogP) is 1.12. The third kappa shape index (κ3) is 5.58. The maximum Gasteiger partial charge on any atom is 0.416 e. The molecule has 0 aliphatic heterocycles. The number of hydrogen-bond acceptors (Lipinski definition) is 4. The largest absolute Gasteiger partial charge is 0.416 e. The molecular weight excluding hydrogens is 281 g/mol. The Morgan fingerprint density at radius 2 is 1.79 bits per heavy atom. The third-order valence-electron chi connectivity index (χ3n) is 2.50. The van der Waals surface area contributed by atoms with Crippen molar-refractivity contribution in [2.24, 2.45) is 5.84 Å². The Morgan fingerprint density at radius 1 is 1.26 bits per heavy atom. The maximum atomic E-state index is 12.4. The summed E-state index contributed by atoms with van der Waals surface area (Å²) in [5, 5.41) is 0. The van der Waals surface area contributed by atoms with Crippen molar-refractivity contribution >= 4 is 9.84 Å². The molecule has 19 heavy (non-hydrogen) atoms. The molecule has 0 saturated carbocycles. The van der Waals surface area contributed by atoms with Gasteiger partial charge in [0.05, 0.1) is 11.3 Å². The zero-order chi connectivity index (χ0) is 14.7. The van der Waals surface area contributed by atoms with Gasteiger partial charge in [-0.2, -0.15) is 13.2 Å². The molecule has 0 bridgehead atoms. The van der Waals surface area contributed by atoms with Crippen molar-refractivity contribution in [3.63, 3.8) is 0 Å². The molecule has 0 spiro atoms. The summed E-state index contributed by atoms with van der Waals surface area (Å²) in [5.41, 5.74) is 2.19. The minimum Gasteiger partial charge on any atom is -0.271 e. The fourth-order valence-electron chi connectivity index (χ4n) is 1.65. The van der Waals surface area contributed by atoms with Crippen LogP contribution in [0.15, 0.2) is 24.3 Å². The van der Waals surface area contributed by atoms with Crippen LogP contribution in [0.3, 0.4) is 0 Å². The average molecular weight is 296 g/mol. The Morgan fingerprint density at radius 3 is 2.16 bits per heavy atom. The van der Waals surface area contributed by atoms with E-state index in [0.717, 1.165) is 18.4 Å². The summed E-state index contributed by atoms with van der Waals surface area (Å²) in [4.78, 5) is 0. The van der Waals surface area contributed by atoms with Gasteiger partial charge < -0.3 is 0 Å². The fourth-order valence-corrected chi connectivity index (χ4v) is 2.59. The molecule has 108 valence electrons. The lowest BCUT2D eigenvalue weighted by Gasteiger charge is -2.15. The number of hydrogen-bond donors (Lipinski definition) is 2. The molecular formula is C11H15F3N2O2S. The number of benzene rings is 1. The molecule has 1 aromatic rings. The van der Waals surface area contributed by atoms with Crippen LogP contribution in [0.5, 0.6) is 0 Å². The van der Waals surface area contributed by atoms with Crippen LogP contribution in [0, 0.1) is 0 Å². The van der Waals surface area contributed by atoms with Crippen LogP contribution in [0.25, 0.3) is 0 Å². The van der Waals surface area contributed by atoms with Crippen LogP contribution in [0.2, 0.25) is 0 Å². The van der Waals surface area contributed by atoms with Crippen molar-refractivity contribution in [3.8, 4) is 0 Å². The highest BCUT2D eigenvalue weighted by atomic mass is 32.2. The van der Waals surface area contributed by atoms with E-state index in [0.29, 0.717) is 5.56 Å². The van der Waals surface area contributed by atoms with Crippen molar-refractivity contribution in [2.45, 2.75) is 18.6 Å². The van der Waals surface area contributed by atoms with Gasteiger partial charge in [-0.05, 0) is 24.1 Å². The smallest absolute Gasteiger partial charge is 0.271 e. The SMILES string of the molecule is CS(=O)(=O)CC(Cc1ccc(C(F)(F)F)cc1)NN. The molecule has 4 nitrogen and oxygen atoms in total. The minimum absolute atomic E-state index is 0.176. The van der Waals surface area contributed by atoms with Gasteiger partial charge in [0, 0.05) is 12.3 Å². The molecule has 0 fully saturated rings. The zero-order valence-corrected chi connectivity index (χ0v) is 11.1. The number of sulfone groups is 1. The second kappa shape index (κ2) is 5.89.